The fourth-order valence-corrected chi connectivity index (χ4v) is 2.32. The Labute approximate surface area is 159 Å². The van der Waals surface area contributed by atoms with E-state index in [2.05, 4.69) is 25.9 Å². The van der Waals surface area contributed by atoms with Gasteiger partial charge in [0.05, 0.1) is 18.3 Å². The van der Waals surface area contributed by atoms with Crippen molar-refractivity contribution >= 4 is 17.6 Å². The normalized spacial score (nSPS) is 12.6. The van der Waals surface area contributed by atoms with Gasteiger partial charge in [-0.2, -0.15) is 5.26 Å². The SMILES string of the molecule is CC(C)(C)C(NC(=O)Cc1ccccc1)N/C(=N/C#N)Nc1cccnc1. The van der Waals surface area contributed by atoms with Crippen LogP contribution in [0.25, 0.3) is 0 Å². The first-order valence-corrected chi connectivity index (χ1v) is 8.62. The summed E-state index contributed by atoms with van der Waals surface area (Å²) in [6, 6.07) is 13.1. The zero-order valence-corrected chi connectivity index (χ0v) is 15.7. The summed E-state index contributed by atoms with van der Waals surface area (Å²) < 4.78 is 0. The van der Waals surface area contributed by atoms with Gasteiger partial charge in [0.1, 0.15) is 6.17 Å². The molecular weight excluding hydrogens is 340 g/mol. The molecule has 1 unspecified atom stereocenters. The van der Waals surface area contributed by atoms with Gasteiger partial charge in [-0.1, -0.05) is 51.1 Å². The molecule has 7 nitrogen and oxygen atoms in total. The van der Waals surface area contributed by atoms with Gasteiger partial charge in [0.2, 0.25) is 18.1 Å². The Morgan fingerprint density at radius 3 is 2.52 bits per heavy atom. The third-order valence-electron chi connectivity index (χ3n) is 3.75. The fourth-order valence-electron chi connectivity index (χ4n) is 2.32. The third kappa shape index (κ3) is 6.78. The number of carbonyl (C=O) groups is 1. The van der Waals surface area contributed by atoms with E-state index >= 15 is 0 Å². The second-order valence-electron chi connectivity index (χ2n) is 7.10. The van der Waals surface area contributed by atoms with Crippen LogP contribution in [0.15, 0.2) is 59.9 Å². The van der Waals surface area contributed by atoms with Crippen molar-refractivity contribution in [3.8, 4) is 6.19 Å². The average Bonchev–Trinajstić information content (AvgIpc) is 2.62. The lowest BCUT2D eigenvalue weighted by Crippen LogP contribution is -2.56. The maximum Gasteiger partial charge on any atom is 0.226 e. The van der Waals surface area contributed by atoms with Gasteiger partial charge in [-0.3, -0.25) is 9.78 Å². The van der Waals surface area contributed by atoms with E-state index in [1.54, 1.807) is 24.7 Å². The summed E-state index contributed by atoms with van der Waals surface area (Å²) >= 11 is 0. The maximum absolute atomic E-state index is 12.5. The summed E-state index contributed by atoms with van der Waals surface area (Å²) in [6.45, 7) is 5.96. The van der Waals surface area contributed by atoms with Crippen LogP contribution in [0.2, 0.25) is 0 Å². The Hall–Kier alpha value is -3.40. The lowest BCUT2D eigenvalue weighted by molar-refractivity contribution is -0.122. The second-order valence-corrected chi connectivity index (χ2v) is 7.10. The van der Waals surface area contributed by atoms with E-state index in [1.807, 2.05) is 57.2 Å². The molecule has 0 saturated carbocycles. The van der Waals surface area contributed by atoms with Crippen LogP contribution in [0.5, 0.6) is 0 Å². The smallest absolute Gasteiger partial charge is 0.226 e. The number of benzene rings is 1. The first-order chi connectivity index (χ1) is 12.9. The summed E-state index contributed by atoms with van der Waals surface area (Å²) in [5, 5.41) is 18.1. The largest absolute Gasteiger partial charge is 0.335 e. The number of anilines is 1. The topological polar surface area (TPSA) is 102 Å². The van der Waals surface area contributed by atoms with Crippen LogP contribution >= 0.6 is 0 Å². The van der Waals surface area contributed by atoms with Crippen molar-refractivity contribution in [3.05, 3.63) is 60.4 Å². The highest BCUT2D eigenvalue weighted by Gasteiger charge is 2.27. The molecular formula is C20H24N6O. The first-order valence-electron chi connectivity index (χ1n) is 8.62. The molecule has 0 aliphatic heterocycles. The van der Waals surface area contributed by atoms with Crippen molar-refractivity contribution < 1.29 is 4.79 Å². The lowest BCUT2D eigenvalue weighted by Gasteiger charge is -2.33. The molecule has 27 heavy (non-hydrogen) atoms. The van der Waals surface area contributed by atoms with E-state index < -0.39 is 6.17 Å². The zero-order chi connectivity index (χ0) is 19.7. The van der Waals surface area contributed by atoms with Crippen LogP contribution in [0.1, 0.15) is 26.3 Å². The highest BCUT2D eigenvalue weighted by Crippen LogP contribution is 2.18. The first kappa shape index (κ1) is 19.9. The van der Waals surface area contributed by atoms with E-state index in [9.17, 15) is 4.79 Å². The van der Waals surface area contributed by atoms with Gasteiger partial charge in [0.15, 0.2) is 0 Å². The molecule has 1 aromatic carbocycles. The number of amides is 1. The number of hydrogen-bond donors (Lipinski definition) is 3. The minimum atomic E-state index is -0.440. The van der Waals surface area contributed by atoms with Crippen LogP contribution in [0, 0.1) is 16.9 Å². The monoisotopic (exact) mass is 364 g/mol. The van der Waals surface area contributed by atoms with Crippen LogP contribution in [-0.4, -0.2) is 23.0 Å². The Morgan fingerprint density at radius 2 is 1.93 bits per heavy atom. The van der Waals surface area contributed by atoms with Crippen molar-refractivity contribution in [2.24, 2.45) is 10.4 Å². The molecule has 0 radical (unpaired) electrons. The molecule has 0 aliphatic carbocycles. The standard InChI is InChI=1S/C20H24N6O/c1-20(2,3)18(25-17(27)12-15-8-5-4-6-9-15)26-19(23-14-21)24-16-10-7-11-22-13-16/h4-11,13,18H,12H2,1-3H3,(H,25,27)(H2,23,24,26). The highest BCUT2D eigenvalue weighted by atomic mass is 16.1. The number of guanidine groups is 1. The molecule has 2 aromatic rings. The molecule has 0 bridgehead atoms. The van der Waals surface area contributed by atoms with Crippen LogP contribution < -0.4 is 16.0 Å². The molecule has 1 aromatic heterocycles. The molecule has 2 rings (SSSR count). The van der Waals surface area contributed by atoms with Gasteiger partial charge >= 0.3 is 0 Å². The molecule has 0 saturated heterocycles. The maximum atomic E-state index is 12.5. The van der Waals surface area contributed by atoms with Gasteiger partial charge < -0.3 is 16.0 Å². The van der Waals surface area contributed by atoms with Crippen LogP contribution in [0.4, 0.5) is 5.69 Å². The predicted molar refractivity (Wildman–Crippen MR) is 106 cm³/mol. The van der Waals surface area contributed by atoms with Crippen molar-refractivity contribution in [2.75, 3.05) is 5.32 Å². The molecule has 7 heteroatoms. The summed E-state index contributed by atoms with van der Waals surface area (Å²) in [5.41, 5.74) is 1.29. The van der Waals surface area contributed by atoms with E-state index in [0.29, 0.717) is 5.69 Å². The summed E-state index contributed by atoms with van der Waals surface area (Å²) in [7, 11) is 0. The predicted octanol–water partition coefficient (Wildman–Crippen LogP) is 2.65. The van der Waals surface area contributed by atoms with E-state index in [0.717, 1.165) is 5.56 Å². The Kier molecular flexibility index (Phi) is 6.89. The van der Waals surface area contributed by atoms with Gasteiger partial charge in [-0.15, -0.1) is 4.99 Å². The molecule has 0 fully saturated rings. The zero-order valence-electron chi connectivity index (χ0n) is 15.7. The number of rotatable bonds is 5. The number of aliphatic imine (C=N–C) groups is 1. The number of hydrogen-bond acceptors (Lipinski definition) is 4. The number of nitrogens with zero attached hydrogens (tertiary/aromatic N) is 3. The molecule has 140 valence electrons. The number of pyridine rings is 1. The van der Waals surface area contributed by atoms with Gasteiger partial charge in [-0.25, -0.2) is 0 Å². The van der Waals surface area contributed by atoms with Crippen LogP contribution in [0.3, 0.4) is 0 Å². The summed E-state index contributed by atoms with van der Waals surface area (Å²) in [5.74, 6) is 0.122. The molecule has 1 heterocycles. The van der Waals surface area contributed by atoms with Gasteiger partial charge in [-0.05, 0) is 17.7 Å². The number of nitriles is 1. The number of aromatic nitrogens is 1. The second kappa shape index (κ2) is 9.34. The Balaban J connectivity index is 2.09. The molecule has 1 atom stereocenters. The van der Waals surface area contributed by atoms with E-state index in [-0.39, 0.29) is 23.7 Å². The van der Waals surface area contributed by atoms with E-state index in [1.165, 1.54) is 0 Å². The summed E-state index contributed by atoms with van der Waals surface area (Å²) in [6.07, 6.45) is 4.88. The molecule has 0 spiro atoms. The van der Waals surface area contributed by atoms with Crippen molar-refractivity contribution in [1.29, 1.82) is 5.26 Å². The fraction of sp³-hybridized carbons (Fsp3) is 0.300. The van der Waals surface area contributed by atoms with E-state index in [4.69, 9.17) is 5.26 Å². The number of nitrogens with one attached hydrogen (secondary N) is 3. The van der Waals surface area contributed by atoms with Crippen molar-refractivity contribution in [2.45, 2.75) is 33.4 Å². The molecule has 1 amide bonds. The van der Waals surface area contributed by atoms with Crippen LogP contribution in [-0.2, 0) is 11.2 Å². The van der Waals surface area contributed by atoms with Gasteiger partial charge in [0, 0.05) is 11.6 Å². The number of carbonyl (C=O) groups excluding carboxylic acids is 1. The minimum absolute atomic E-state index is 0.119. The Bertz CT molecular complexity index is 806. The third-order valence-corrected chi connectivity index (χ3v) is 3.75. The van der Waals surface area contributed by atoms with Gasteiger partial charge in [0.25, 0.3) is 0 Å². The highest BCUT2D eigenvalue weighted by molar-refractivity contribution is 5.94. The van der Waals surface area contributed by atoms with Crippen molar-refractivity contribution in [3.63, 3.8) is 0 Å². The average molecular weight is 364 g/mol. The lowest BCUT2D eigenvalue weighted by atomic mass is 9.92. The minimum Gasteiger partial charge on any atom is -0.335 e. The van der Waals surface area contributed by atoms with Crippen molar-refractivity contribution in [1.82, 2.24) is 15.6 Å². The Morgan fingerprint density at radius 1 is 1.19 bits per heavy atom. The molecule has 3 N–H and O–H groups in total. The quantitative estimate of drug-likeness (QED) is 0.328. The molecule has 0 aliphatic rings. The summed E-state index contributed by atoms with van der Waals surface area (Å²) in [4.78, 5) is 20.3.